The van der Waals surface area contributed by atoms with Gasteiger partial charge < -0.3 is 9.42 Å². The van der Waals surface area contributed by atoms with E-state index in [1.807, 2.05) is 0 Å². The smallest absolute Gasteiger partial charge is 0.293 e. The van der Waals surface area contributed by atoms with Crippen molar-refractivity contribution < 1.29 is 9.32 Å². The van der Waals surface area contributed by atoms with E-state index in [9.17, 15) is 4.79 Å². The van der Waals surface area contributed by atoms with Crippen LogP contribution >= 0.6 is 0 Å². The Morgan fingerprint density at radius 1 is 1.35 bits per heavy atom. The number of carbonyl (C=O) groups excluding carboxylic acids is 1. The summed E-state index contributed by atoms with van der Waals surface area (Å²) in [5, 5.41) is 3.96. The lowest BCUT2D eigenvalue weighted by Crippen LogP contribution is -2.39. The largest absolute Gasteiger partial charge is 0.331 e. The highest BCUT2D eigenvalue weighted by Gasteiger charge is 2.40. The molecule has 0 spiro atoms. The molecule has 17 heavy (non-hydrogen) atoms. The Bertz CT molecular complexity index is 429. The summed E-state index contributed by atoms with van der Waals surface area (Å²) >= 11 is 0. The normalized spacial score (nSPS) is 32.9. The molecule has 2 bridgehead atoms. The molecule has 1 aromatic rings. The summed E-state index contributed by atoms with van der Waals surface area (Å²) in [5.41, 5.74) is 0. The number of rotatable bonds is 2. The first-order valence-electron chi connectivity index (χ1n) is 6.21. The highest BCUT2D eigenvalue weighted by molar-refractivity contribution is 5.89. The fraction of sp³-hybridized carbons (Fsp3) is 0.750. The molecule has 5 nitrogen and oxygen atoms in total. The summed E-state index contributed by atoms with van der Waals surface area (Å²) in [6.07, 6.45) is 4.72. The van der Waals surface area contributed by atoms with Crippen LogP contribution in [0.5, 0.6) is 0 Å². The van der Waals surface area contributed by atoms with Crippen LogP contribution in [0.4, 0.5) is 0 Å². The molecule has 0 aliphatic carbocycles. The zero-order valence-electron chi connectivity index (χ0n) is 10.2. The van der Waals surface area contributed by atoms with Crippen molar-refractivity contribution in [2.24, 2.45) is 0 Å². The molecule has 1 aromatic heterocycles. The van der Waals surface area contributed by atoms with Crippen LogP contribution in [0.15, 0.2) is 4.52 Å². The number of fused-ring (bicyclic) bond motifs is 2. The van der Waals surface area contributed by atoms with Gasteiger partial charge >= 0.3 is 0 Å². The van der Waals surface area contributed by atoms with Crippen LogP contribution in [0.25, 0.3) is 0 Å². The van der Waals surface area contributed by atoms with Crippen LogP contribution in [-0.2, 0) is 0 Å². The number of piperidine rings is 1. The van der Waals surface area contributed by atoms with Crippen molar-refractivity contribution in [3.05, 3.63) is 11.7 Å². The van der Waals surface area contributed by atoms with Crippen molar-refractivity contribution in [1.29, 1.82) is 0 Å². The number of nitrogens with zero attached hydrogens (tertiary/aromatic N) is 3. The van der Waals surface area contributed by atoms with E-state index in [1.54, 1.807) is 0 Å². The molecule has 0 aromatic carbocycles. The predicted molar refractivity (Wildman–Crippen MR) is 60.9 cm³/mol. The molecule has 5 heteroatoms. The fourth-order valence-corrected chi connectivity index (χ4v) is 3.17. The lowest BCUT2D eigenvalue weighted by atomic mass is 9.90. The number of hydrogen-bond donors (Lipinski definition) is 0. The first-order valence-corrected chi connectivity index (χ1v) is 6.21. The predicted octanol–water partition coefficient (Wildman–Crippen LogP) is 1.61. The minimum absolute atomic E-state index is 0.145. The van der Waals surface area contributed by atoms with E-state index in [1.165, 1.54) is 19.8 Å². The second-order valence-corrected chi connectivity index (χ2v) is 5.23. The molecule has 0 saturated carbocycles. The zero-order valence-corrected chi connectivity index (χ0v) is 10.2. The van der Waals surface area contributed by atoms with Crippen LogP contribution in [0.1, 0.15) is 55.0 Å². The maximum Gasteiger partial charge on any atom is 0.293 e. The van der Waals surface area contributed by atoms with Gasteiger partial charge in [-0.25, -0.2) is 0 Å². The Labute approximate surface area is 100 Å². The van der Waals surface area contributed by atoms with Crippen LogP contribution in [0, 0.1) is 0 Å². The minimum atomic E-state index is -0.153. The summed E-state index contributed by atoms with van der Waals surface area (Å²) < 4.78 is 4.97. The molecule has 2 fully saturated rings. The molecular weight excluding hydrogens is 218 g/mol. The van der Waals surface area contributed by atoms with Crippen LogP contribution < -0.4 is 0 Å². The van der Waals surface area contributed by atoms with Crippen molar-refractivity contribution in [2.75, 3.05) is 7.05 Å². The zero-order chi connectivity index (χ0) is 12.0. The Hall–Kier alpha value is -1.23. The standard InChI is InChI=1S/C12H17N3O2/c1-7(16)12-13-11(14-17-12)8-5-9-3-4-10(6-8)15(9)2/h8-10H,3-6H2,1-2H3. The van der Waals surface area contributed by atoms with Gasteiger partial charge in [-0.1, -0.05) is 5.16 Å². The molecule has 92 valence electrons. The average Bonchev–Trinajstić information content (AvgIpc) is 2.83. The third-order valence-corrected chi connectivity index (χ3v) is 4.21. The van der Waals surface area contributed by atoms with E-state index in [0.29, 0.717) is 18.0 Å². The molecule has 0 radical (unpaired) electrons. The van der Waals surface area contributed by atoms with Gasteiger partial charge in [0.15, 0.2) is 5.82 Å². The Balaban J connectivity index is 1.79. The summed E-state index contributed by atoms with van der Waals surface area (Å²) in [6.45, 7) is 1.45. The summed E-state index contributed by atoms with van der Waals surface area (Å²) in [5.74, 6) is 1.08. The lowest BCUT2D eigenvalue weighted by molar-refractivity contribution is 0.0972. The molecule has 3 heterocycles. The molecule has 2 aliphatic rings. The van der Waals surface area contributed by atoms with E-state index in [2.05, 4.69) is 22.1 Å². The molecule has 2 atom stereocenters. The van der Waals surface area contributed by atoms with Crippen molar-refractivity contribution >= 4 is 5.78 Å². The van der Waals surface area contributed by atoms with Crippen LogP contribution in [0.3, 0.4) is 0 Å². The van der Waals surface area contributed by atoms with Gasteiger partial charge in [0.2, 0.25) is 5.78 Å². The SMILES string of the molecule is CC(=O)c1nc(C2CC3CCC(C2)N3C)no1. The first-order chi connectivity index (χ1) is 8.15. The van der Waals surface area contributed by atoms with E-state index in [-0.39, 0.29) is 11.7 Å². The molecule has 2 saturated heterocycles. The van der Waals surface area contributed by atoms with Gasteiger partial charge in [0.1, 0.15) is 0 Å². The maximum absolute atomic E-state index is 11.1. The fourth-order valence-electron chi connectivity index (χ4n) is 3.17. The van der Waals surface area contributed by atoms with E-state index in [0.717, 1.165) is 18.7 Å². The summed E-state index contributed by atoms with van der Waals surface area (Å²) in [6, 6.07) is 1.30. The molecule has 3 rings (SSSR count). The average molecular weight is 235 g/mol. The van der Waals surface area contributed by atoms with Crippen molar-refractivity contribution in [2.45, 2.75) is 50.6 Å². The van der Waals surface area contributed by atoms with Crippen LogP contribution in [0.2, 0.25) is 0 Å². The van der Waals surface area contributed by atoms with Gasteiger partial charge in [-0.2, -0.15) is 4.98 Å². The third kappa shape index (κ3) is 1.78. The number of Topliss-reactive ketones (excluding diaryl/α,β-unsaturated/α-hetero) is 1. The van der Waals surface area contributed by atoms with Gasteiger partial charge in [-0.05, 0) is 32.7 Å². The second-order valence-electron chi connectivity index (χ2n) is 5.23. The van der Waals surface area contributed by atoms with E-state index >= 15 is 0 Å². The Morgan fingerprint density at radius 2 is 2.00 bits per heavy atom. The molecule has 0 N–H and O–H groups in total. The van der Waals surface area contributed by atoms with Gasteiger partial charge in [0.25, 0.3) is 5.89 Å². The van der Waals surface area contributed by atoms with E-state index in [4.69, 9.17) is 4.52 Å². The van der Waals surface area contributed by atoms with Gasteiger partial charge in [-0.3, -0.25) is 4.79 Å². The maximum atomic E-state index is 11.1. The van der Waals surface area contributed by atoms with E-state index < -0.39 is 0 Å². The van der Waals surface area contributed by atoms with Gasteiger partial charge in [0.05, 0.1) is 0 Å². The van der Waals surface area contributed by atoms with Crippen molar-refractivity contribution in [1.82, 2.24) is 15.0 Å². The molecule has 0 amide bonds. The van der Waals surface area contributed by atoms with Gasteiger partial charge in [0, 0.05) is 24.9 Å². The topological polar surface area (TPSA) is 59.2 Å². The second kappa shape index (κ2) is 3.91. The summed E-state index contributed by atoms with van der Waals surface area (Å²) in [7, 11) is 2.20. The Morgan fingerprint density at radius 3 is 2.53 bits per heavy atom. The molecule has 2 aliphatic heterocycles. The highest BCUT2D eigenvalue weighted by Crippen LogP contribution is 2.41. The Kier molecular flexibility index (Phi) is 2.50. The minimum Gasteiger partial charge on any atom is -0.331 e. The first kappa shape index (κ1) is 10.9. The third-order valence-electron chi connectivity index (χ3n) is 4.21. The van der Waals surface area contributed by atoms with Crippen molar-refractivity contribution in [3.63, 3.8) is 0 Å². The highest BCUT2D eigenvalue weighted by atomic mass is 16.5. The number of aromatic nitrogens is 2. The number of carbonyl (C=O) groups is 1. The molecular formula is C12H17N3O2. The number of hydrogen-bond acceptors (Lipinski definition) is 5. The van der Waals surface area contributed by atoms with Crippen molar-refractivity contribution in [3.8, 4) is 0 Å². The monoisotopic (exact) mass is 235 g/mol. The quantitative estimate of drug-likeness (QED) is 0.729. The lowest BCUT2D eigenvalue weighted by Gasteiger charge is -2.34. The van der Waals surface area contributed by atoms with Gasteiger partial charge in [-0.15, -0.1) is 0 Å². The number of ketones is 1. The van der Waals surface area contributed by atoms with Crippen LogP contribution in [-0.4, -0.2) is 40.0 Å². The summed E-state index contributed by atoms with van der Waals surface area (Å²) in [4.78, 5) is 17.8. The molecule has 2 unspecified atom stereocenters.